The summed E-state index contributed by atoms with van der Waals surface area (Å²) in [6.07, 6.45) is 8.31. The van der Waals surface area contributed by atoms with Gasteiger partial charge in [-0.3, -0.25) is 0 Å². The normalized spacial score (nSPS) is 29.8. The van der Waals surface area contributed by atoms with Gasteiger partial charge in [0.2, 0.25) is 0 Å². The van der Waals surface area contributed by atoms with Gasteiger partial charge < -0.3 is 11.1 Å². The zero-order valence-corrected chi connectivity index (χ0v) is 12.9. The van der Waals surface area contributed by atoms with Gasteiger partial charge in [0.05, 0.1) is 5.02 Å². The van der Waals surface area contributed by atoms with E-state index in [4.69, 9.17) is 17.3 Å². The predicted molar refractivity (Wildman–Crippen MR) is 83.6 cm³/mol. The third-order valence-corrected chi connectivity index (χ3v) is 5.29. The Bertz CT molecular complexity index is 477. The highest BCUT2D eigenvalue weighted by Gasteiger charge is 2.43. The van der Waals surface area contributed by atoms with Gasteiger partial charge in [0.15, 0.2) is 0 Å². The summed E-state index contributed by atoms with van der Waals surface area (Å²) in [7, 11) is 0. The molecule has 3 N–H and O–H groups in total. The van der Waals surface area contributed by atoms with Crippen LogP contribution in [-0.2, 0) is 0 Å². The average molecular weight is 294 g/mol. The van der Waals surface area contributed by atoms with Crippen molar-refractivity contribution in [1.29, 1.82) is 0 Å². The van der Waals surface area contributed by atoms with E-state index in [2.05, 4.69) is 17.2 Å². The lowest BCUT2D eigenvalue weighted by Gasteiger charge is -2.32. The number of nitrogens with zero attached hydrogens (tertiary/aromatic N) is 1. The van der Waals surface area contributed by atoms with Crippen molar-refractivity contribution >= 4 is 17.4 Å². The lowest BCUT2D eigenvalue weighted by atomic mass is 9.80. The molecule has 2 aliphatic rings. The number of aromatic nitrogens is 1. The molecule has 4 heteroatoms. The third kappa shape index (κ3) is 2.66. The molecule has 0 spiro atoms. The van der Waals surface area contributed by atoms with E-state index in [9.17, 15) is 0 Å². The fourth-order valence-electron chi connectivity index (χ4n) is 4.21. The molecule has 0 aliphatic heterocycles. The number of halogens is 1. The highest BCUT2D eigenvalue weighted by molar-refractivity contribution is 6.30. The molecule has 3 nitrogen and oxygen atoms in total. The first-order valence-corrected chi connectivity index (χ1v) is 8.21. The first-order valence-electron chi connectivity index (χ1n) is 7.83. The third-order valence-electron chi connectivity index (χ3n) is 5.09. The maximum absolute atomic E-state index is 6.13. The zero-order valence-electron chi connectivity index (χ0n) is 12.1. The van der Waals surface area contributed by atoms with Crippen LogP contribution >= 0.6 is 11.6 Å². The van der Waals surface area contributed by atoms with Crippen LogP contribution < -0.4 is 11.1 Å². The first-order chi connectivity index (χ1) is 9.69. The number of fused-ring (bicyclic) bond motifs is 2. The van der Waals surface area contributed by atoms with E-state index in [0.29, 0.717) is 22.8 Å². The Kier molecular flexibility index (Phi) is 4.18. The van der Waals surface area contributed by atoms with Crippen molar-refractivity contribution in [1.82, 2.24) is 10.3 Å². The van der Waals surface area contributed by atoms with Gasteiger partial charge in [0, 0.05) is 17.8 Å². The smallest absolute Gasteiger partial charge is 0.128 e. The Balaban J connectivity index is 1.87. The summed E-state index contributed by atoms with van der Waals surface area (Å²) in [5.41, 5.74) is 7.22. The number of nitrogen functional groups attached to an aromatic ring is 1. The maximum Gasteiger partial charge on any atom is 0.128 e. The number of nitrogens with two attached hydrogens (primary N) is 1. The Morgan fingerprint density at radius 2 is 2.30 bits per heavy atom. The molecule has 4 unspecified atom stereocenters. The zero-order chi connectivity index (χ0) is 14.1. The average Bonchev–Trinajstić information content (AvgIpc) is 3.05. The van der Waals surface area contributed by atoms with Crippen LogP contribution in [0.2, 0.25) is 5.02 Å². The number of nitrogens with one attached hydrogen (secondary N) is 1. The number of rotatable bonds is 5. The van der Waals surface area contributed by atoms with Gasteiger partial charge in [0.1, 0.15) is 5.82 Å². The fraction of sp³-hybridized carbons (Fsp3) is 0.688. The summed E-state index contributed by atoms with van der Waals surface area (Å²) < 4.78 is 0. The molecule has 110 valence electrons. The van der Waals surface area contributed by atoms with Crippen molar-refractivity contribution in [2.24, 2.45) is 17.8 Å². The molecule has 2 saturated carbocycles. The minimum absolute atomic E-state index is 0.316. The molecule has 4 atom stereocenters. The Labute approximate surface area is 126 Å². The van der Waals surface area contributed by atoms with Crippen molar-refractivity contribution in [3.05, 3.63) is 22.8 Å². The molecular weight excluding hydrogens is 270 g/mol. The van der Waals surface area contributed by atoms with Crippen LogP contribution in [0.1, 0.15) is 50.6 Å². The van der Waals surface area contributed by atoms with Crippen LogP contribution in [0.4, 0.5) is 5.82 Å². The summed E-state index contributed by atoms with van der Waals surface area (Å²) in [5, 5.41) is 4.38. The SMILES string of the molecule is CCCNC(c1cc(Cl)cnc1N)C1CC2CCC1C2. The Morgan fingerprint density at radius 1 is 1.45 bits per heavy atom. The first kappa shape index (κ1) is 14.2. The van der Waals surface area contributed by atoms with E-state index in [1.165, 1.54) is 25.7 Å². The van der Waals surface area contributed by atoms with Gasteiger partial charge >= 0.3 is 0 Å². The van der Waals surface area contributed by atoms with E-state index in [-0.39, 0.29) is 0 Å². The lowest BCUT2D eigenvalue weighted by molar-refractivity contribution is 0.251. The molecule has 1 aromatic heterocycles. The number of anilines is 1. The number of hydrogen-bond acceptors (Lipinski definition) is 3. The molecule has 0 aromatic carbocycles. The summed E-state index contributed by atoms with van der Waals surface area (Å²) >= 11 is 6.13. The molecule has 0 amide bonds. The van der Waals surface area contributed by atoms with Gasteiger partial charge in [-0.05, 0) is 56.0 Å². The Morgan fingerprint density at radius 3 is 2.95 bits per heavy atom. The molecule has 3 rings (SSSR count). The lowest BCUT2D eigenvalue weighted by Crippen LogP contribution is -2.32. The predicted octanol–water partition coefficient (Wildman–Crippen LogP) is 3.79. The maximum atomic E-state index is 6.13. The van der Waals surface area contributed by atoms with Crippen molar-refractivity contribution in [3.63, 3.8) is 0 Å². The van der Waals surface area contributed by atoms with E-state index in [1.54, 1.807) is 6.20 Å². The molecule has 2 aliphatic carbocycles. The van der Waals surface area contributed by atoms with Crippen LogP contribution in [0.5, 0.6) is 0 Å². The minimum Gasteiger partial charge on any atom is -0.383 e. The van der Waals surface area contributed by atoms with Crippen LogP contribution in [-0.4, -0.2) is 11.5 Å². The van der Waals surface area contributed by atoms with Crippen molar-refractivity contribution < 1.29 is 0 Å². The van der Waals surface area contributed by atoms with E-state index in [1.807, 2.05) is 6.07 Å². The van der Waals surface area contributed by atoms with Crippen LogP contribution in [0.3, 0.4) is 0 Å². The van der Waals surface area contributed by atoms with Gasteiger partial charge in [-0.15, -0.1) is 0 Å². The summed E-state index contributed by atoms with van der Waals surface area (Å²) in [6.45, 7) is 3.22. The minimum atomic E-state index is 0.316. The summed E-state index contributed by atoms with van der Waals surface area (Å²) in [5.74, 6) is 3.12. The second-order valence-corrected chi connectivity index (χ2v) is 6.83. The number of hydrogen-bond donors (Lipinski definition) is 2. The Hall–Kier alpha value is -0.800. The highest BCUT2D eigenvalue weighted by Crippen LogP contribution is 2.53. The van der Waals surface area contributed by atoms with Crippen LogP contribution in [0.25, 0.3) is 0 Å². The van der Waals surface area contributed by atoms with Crippen molar-refractivity contribution in [2.45, 2.75) is 45.1 Å². The second-order valence-electron chi connectivity index (χ2n) is 6.40. The van der Waals surface area contributed by atoms with Crippen molar-refractivity contribution in [3.8, 4) is 0 Å². The van der Waals surface area contributed by atoms with E-state index < -0.39 is 0 Å². The topological polar surface area (TPSA) is 50.9 Å². The quantitative estimate of drug-likeness (QED) is 0.868. The second kappa shape index (κ2) is 5.90. The van der Waals surface area contributed by atoms with Gasteiger partial charge in [-0.1, -0.05) is 24.9 Å². The molecule has 20 heavy (non-hydrogen) atoms. The molecule has 2 fully saturated rings. The molecule has 1 heterocycles. The molecular formula is C16H24ClN3. The van der Waals surface area contributed by atoms with E-state index in [0.717, 1.165) is 30.4 Å². The molecule has 1 aromatic rings. The molecule has 0 radical (unpaired) electrons. The van der Waals surface area contributed by atoms with Crippen LogP contribution in [0.15, 0.2) is 12.3 Å². The van der Waals surface area contributed by atoms with Gasteiger partial charge in [0.25, 0.3) is 0 Å². The monoisotopic (exact) mass is 293 g/mol. The number of pyridine rings is 1. The largest absolute Gasteiger partial charge is 0.383 e. The van der Waals surface area contributed by atoms with Gasteiger partial charge in [-0.25, -0.2) is 4.98 Å². The van der Waals surface area contributed by atoms with Crippen molar-refractivity contribution in [2.75, 3.05) is 12.3 Å². The highest BCUT2D eigenvalue weighted by atomic mass is 35.5. The fourth-order valence-corrected chi connectivity index (χ4v) is 4.37. The summed E-state index contributed by atoms with van der Waals surface area (Å²) in [6, 6.07) is 2.32. The van der Waals surface area contributed by atoms with Gasteiger partial charge in [-0.2, -0.15) is 0 Å². The van der Waals surface area contributed by atoms with Crippen LogP contribution in [0, 0.1) is 17.8 Å². The standard InChI is InChI=1S/C16H24ClN3/c1-2-5-19-15(13-7-10-3-4-11(13)6-10)14-8-12(17)9-20-16(14)18/h8-11,13,15,19H,2-7H2,1H3,(H2,18,20). The van der Waals surface area contributed by atoms with E-state index >= 15 is 0 Å². The molecule has 0 saturated heterocycles. The summed E-state index contributed by atoms with van der Waals surface area (Å²) in [4.78, 5) is 4.25. The molecule has 2 bridgehead atoms.